The quantitative estimate of drug-likeness (QED) is 0.192. The summed E-state index contributed by atoms with van der Waals surface area (Å²) in [4.78, 5) is 44.2. The smallest absolute Gasteiger partial charge is 0.323 e. The third-order valence-corrected chi connectivity index (χ3v) is 7.55. The van der Waals surface area contributed by atoms with Crippen LogP contribution in [0.2, 0.25) is 0 Å². The van der Waals surface area contributed by atoms with Crippen molar-refractivity contribution in [3.63, 3.8) is 0 Å². The fourth-order valence-electron chi connectivity index (χ4n) is 5.57. The van der Waals surface area contributed by atoms with Gasteiger partial charge in [-0.3, -0.25) is 20.0 Å². The monoisotopic (exact) mass is 618 g/mol. The molecule has 0 atom stereocenters. The lowest BCUT2D eigenvalue weighted by Crippen LogP contribution is -2.24. The maximum Gasteiger partial charge on any atom is 0.323 e. The Morgan fingerprint density at radius 3 is 1.09 bits per heavy atom. The van der Waals surface area contributed by atoms with Crippen LogP contribution in [0.25, 0.3) is 0 Å². The number of carbonyl (C=O) groups is 2. The molecule has 234 valence electrons. The molecule has 0 fully saturated rings. The first-order valence-electron chi connectivity index (χ1n) is 15.3. The van der Waals surface area contributed by atoms with Gasteiger partial charge in [0.05, 0.1) is 26.2 Å². The van der Waals surface area contributed by atoms with Crippen molar-refractivity contribution in [3.05, 3.63) is 82.9 Å². The van der Waals surface area contributed by atoms with E-state index in [1.807, 2.05) is 36.4 Å². The van der Waals surface area contributed by atoms with Gasteiger partial charge in [0.1, 0.15) is 23.3 Å². The molecule has 3 aromatic carbocycles. The Hall–Kier alpha value is -5.92. The van der Waals surface area contributed by atoms with Crippen LogP contribution in [-0.2, 0) is 0 Å². The molecule has 4 aliphatic rings. The molecule has 0 saturated heterocycles. The van der Waals surface area contributed by atoms with Gasteiger partial charge in [0.15, 0.2) is 0 Å². The lowest BCUT2D eigenvalue weighted by Gasteiger charge is -2.14. The number of nitrogens with zero attached hydrogens (tertiary/aromatic N) is 4. The Bertz CT molecular complexity index is 1600. The average molecular weight is 619 g/mol. The number of urea groups is 2. The van der Waals surface area contributed by atoms with Crippen LogP contribution < -0.4 is 42.5 Å². The predicted molar refractivity (Wildman–Crippen MR) is 182 cm³/mol. The van der Waals surface area contributed by atoms with Crippen molar-refractivity contribution in [1.29, 1.82) is 0 Å². The summed E-state index contributed by atoms with van der Waals surface area (Å²) in [5.74, 6) is 3.15. The molecule has 0 radical (unpaired) electrons. The second kappa shape index (κ2) is 13.0. The van der Waals surface area contributed by atoms with Crippen molar-refractivity contribution < 1.29 is 9.59 Å². The Kier molecular flexibility index (Phi) is 8.13. The normalized spacial score (nSPS) is 16.5. The highest BCUT2D eigenvalue weighted by Crippen LogP contribution is 2.21. The van der Waals surface area contributed by atoms with Gasteiger partial charge in [0, 0.05) is 71.2 Å². The molecule has 14 heteroatoms. The van der Waals surface area contributed by atoms with E-state index in [4.69, 9.17) is 0 Å². The Labute approximate surface area is 265 Å². The number of amides is 4. The minimum absolute atomic E-state index is 0.427. The number of hydrogen-bond donors (Lipinski definition) is 8. The number of carbonyl (C=O) groups excluding carboxylic acids is 2. The summed E-state index contributed by atoms with van der Waals surface area (Å²) >= 11 is 0. The molecule has 0 bridgehead atoms. The molecule has 0 aromatic heterocycles. The van der Waals surface area contributed by atoms with E-state index in [1.165, 1.54) is 0 Å². The molecule has 4 heterocycles. The van der Waals surface area contributed by atoms with E-state index in [-0.39, 0.29) is 0 Å². The van der Waals surface area contributed by atoms with Gasteiger partial charge in [-0.05, 0) is 54.6 Å². The van der Waals surface area contributed by atoms with Crippen molar-refractivity contribution in [1.82, 2.24) is 21.3 Å². The van der Waals surface area contributed by atoms with Crippen molar-refractivity contribution >= 4 is 58.2 Å². The first-order valence-corrected chi connectivity index (χ1v) is 15.3. The van der Waals surface area contributed by atoms with Crippen LogP contribution >= 0.6 is 0 Å². The van der Waals surface area contributed by atoms with Gasteiger partial charge in [0.2, 0.25) is 0 Å². The fraction of sp³-hybridized carbons (Fsp3) is 0.250. The van der Waals surface area contributed by atoms with Crippen LogP contribution in [0.3, 0.4) is 0 Å². The van der Waals surface area contributed by atoms with E-state index in [9.17, 15) is 9.59 Å². The molecule has 0 unspecified atom stereocenters. The second-order valence-corrected chi connectivity index (χ2v) is 11.0. The topological polar surface area (TPSA) is 180 Å². The summed E-state index contributed by atoms with van der Waals surface area (Å²) in [5.41, 5.74) is 5.71. The second-order valence-electron chi connectivity index (χ2n) is 11.0. The van der Waals surface area contributed by atoms with E-state index in [1.54, 1.807) is 24.3 Å². The molecule has 0 spiro atoms. The van der Waals surface area contributed by atoms with E-state index in [2.05, 4.69) is 62.5 Å². The summed E-state index contributed by atoms with van der Waals surface area (Å²) in [6.07, 6.45) is 0. The molecule has 4 aliphatic heterocycles. The van der Waals surface area contributed by atoms with Crippen molar-refractivity contribution in [3.8, 4) is 0 Å². The highest BCUT2D eigenvalue weighted by molar-refractivity contribution is 6.09. The van der Waals surface area contributed by atoms with E-state index in [0.717, 1.165) is 71.8 Å². The SMILES string of the molecule is O=C(Nc1cccc(NC(=O)Nc2cc(C3=NCCN3)cc(C3=NCCN3)c2)c1)Nc1cc(C2=NCCN2)cc(C2=NCCN2)c1. The van der Waals surface area contributed by atoms with Crippen LogP contribution in [0.5, 0.6) is 0 Å². The van der Waals surface area contributed by atoms with E-state index in [0.29, 0.717) is 48.9 Å². The maximum atomic E-state index is 13.1. The first-order chi connectivity index (χ1) is 22.6. The Morgan fingerprint density at radius 1 is 0.457 bits per heavy atom. The van der Waals surface area contributed by atoms with Crippen molar-refractivity contribution in [2.45, 2.75) is 0 Å². The summed E-state index contributed by atoms with van der Waals surface area (Å²) in [5, 5.41) is 24.7. The van der Waals surface area contributed by atoms with Gasteiger partial charge < -0.3 is 42.5 Å². The lowest BCUT2D eigenvalue weighted by atomic mass is 10.1. The third-order valence-electron chi connectivity index (χ3n) is 7.55. The fourth-order valence-corrected chi connectivity index (χ4v) is 5.57. The number of anilines is 4. The van der Waals surface area contributed by atoms with Crippen molar-refractivity contribution in [2.75, 3.05) is 73.6 Å². The van der Waals surface area contributed by atoms with E-state index < -0.39 is 12.1 Å². The molecule has 8 N–H and O–H groups in total. The molecule has 7 rings (SSSR count). The molecule has 0 saturated carbocycles. The van der Waals surface area contributed by atoms with Gasteiger partial charge in [-0.1, -0.05) is 6.07 Å². The average Bonchev–Trinajstić information content (AvgIpc) is 3.89. The molecule has 14 nitrogen and oxygen atoms in total. The molecule has 0 aliphatic carbocycles. The number of benzene rings is 3. The number of rotatable bonds is 8. The minimum Gasteiger partial charge on any atom is -0.368 e. The minimum atomic E-state index is -0.427. The lowest BCUT2D eigenvalue weighted by molar-refractivity contribution is 0.261. The number of amidine groups is 4. The summed E-state index contributed by atoms with van der Waals surface area (Å²) in [7, 11) is 0. The highest BCUT2D eigenvalue weighted by Gasteiger charge is 2.18. The summed E-state index contributed by atoms with van der Waals surface area (Å²) < 4.78 is 0. The summed E-state index contributed by atoms with van der Waals surface area (Å²) in [6.45, 7) is 5.93. The molecule has 3 aromatic rings. The Morgan fingerprint density at radius 2 is 0.783 bits per heavy atom. The zero-order valence-electron chi connectivity index (χ0n) is 25.0. The van der Waals surface area contributed by atoms with Gasteiger partial charge in [-0.25, -0.2) is 9.59 Å². The number of nitrogens with one attached hydrogen (secondary N) is 8. The maximum absolute atomic E-state index is 13.1. The van der Waals surface area contributed by atoms with Gasteiger partial charge in [-0.2, -0.15) is 0 Å². The standard InChI is InChI=1S/C32H34N12O2/c45-31(43-25-14-19(27-33-4-5-34-27)12-20(15-25)28-35-6-7-36-28)41-23-2-1-3-24(18-23)42-32(46)44-26-16-21(29-37-8-9-38-29)13-22(17-26)30-39-10-11-40-30/h1-3,12-18H,4-11H2,(H,33,34)(H,35,36)(H,37,38)(H,39,40)(H2,41,43,45)(H2,42,44,46). The van der Waals surface area contributed by atoms with Crippen LogP contribution in [0.1, 0.15) is 22.3 Å². The van der Waals surface area contributed by atoms with E-state index >= 15 is 0 Å². The third kappa shape index (κ3) is 6.75. The number of hydrogen-bond acceptors (Lipinski definition) is 10. The van der Waals surface area contributed by atoms with Gasteiger partial charge in [-0.15, -0.1) is 0 Å². The zero-order chi connectivity index (χ0) is 31.3. The van der Waals surface area contributed by atoms with Gasteiger partial charge >= 0.3 is 12.1 Å². The van der Waals surface area contributed by atoms with Crippen LogP contribution in [-0.4, -0.2) is 87.8 Å². The highest BCUT2D eigenvalue weighted by atomic mass is 16.2. The Balaban J connectivity index is 1.02. The molecule has 46 heavy (non-hydrogen) atoms. The van der Waals surface area contributed by atoms with Crippen molar-refractivity contribution in [2.24, 2.45) is 20.0 Å². The first kappa shape index (κ1) is 28.8. The molecular formula is C32H34N12O2. The molecule has 4 amide bonds. The largest absolute Gasteiger partial charge is 0.368 e. The zero-order valence-corrected chi connectivity index (χ0v) is 25.0. The van der Waals surface area contributed by atoms with Gasteiger partial charge in [0.25, 0.3) is 0 Å². The number of aliphatic imine (C=N–C) groups is 4. The molecular weight excluding hydrogens is 584 g/mol. The van der Waals surface area contributed by atoms with Crippen LogP contribution in [0.15, 0.2) is 80.6 Å². The summed E-state index contributed by atoms with van der Waals surface area (Å²) in [6, 6.07) is 17.6. The predicted octanol–water partition coefficient (Wildman–Crippen LogP) is 2.37. The van der Waals surface area contributed by atoms with Crippen LogP contribution in [0, 0.1) is 0 Å². The van der Waals surface area contributed by atoms with Crippen LogP contribution in [0.4, 0.5) is 32.3 Å².